The van der Waals surface area contributed by atoms with E-state index < -0.39 is 41.9 Å². The zero-order chi connectivity index (χ0) is 25.4. The summed E-state index contributed by atoms with van der Waals surface area (Å²) in [5, 5.41) is 2.14. The molecule has 11 heteroatoms. The van der Waals surface area contributed by atoms with E-state index in [0.717, 1.165) is 10.0 Å². The van der Waals surface area contributed by atoms with Gasteiger partial charge in [-0.2, -0.15) is 5.01 Å². The maximum Gasteiger partial charge on any atom is 0.273 e. The lowest BCUT2D eigenvalue weighted by molar-refractivity contribution is -0.154. The first-order valence-corrected chi connectivity index (χ1v) is 13.3. The Morgan fingerprint density at radius 2 is 1.49 bits per heavy atom. The van der Waals surface area contributed by atoms with E-state index in [-0.39, 0.29) is 25.3 Å². The van der Waals surface area contributed by atoms with Crippen LogP contribution in [0.3, 0.4) is 0 Å². The number of fused-ring (bicyclic) bond motifs is 1. The molecule has 7 nitrogen and oxygen atoms in total. The number of halogens is 4. The Morgan fingerprint density at radius 3 is 2.00 bits per heavy atom. The fourth-order valence-electron chi connectivity index (χ4n) is 4.33. The fourth-order valence-corrected chi connectivity index (χ4v) is 5.87. The second-order valence-electron chi connectivity index (χ2n) is 8.35. The summed E-state index contributed by atoms with van der Waals surface area (Å²) in [5.74, 6) is -2.76. The normalized spacial score (nSPS) is 23.7. The van der Waals surface area contributed by atoms with E-state index in [9.17, 15) is 19.2 Å². The monoisotopic (exact) mass is 644 g/mol. The third-order valence-electron chi connectivity index (χ3n) is 6.24. The Labute approximate surface area is 228 Å². The second-order valence-corrected chi connectivity index (χ2v) is 11.5. The number of nitrogens with zero attached hydrogens (tertiary/aromatic N) is 2. The molecule has 184 valence electrons. The van der Waals surface area contributed by atoms with Gasteiger partial charge in [-0.05, 0) is 55.3 Å². The SMILES string of the molecule is COc1ccc(C(=O)CN(C(=O)c2ccc(Cl)c(Cl)c2)N2C(=O)[C@H]3C[C@@H](Br)[C@@H](Br)C[C@H]3C2=O)cc1. The molecule has 4 rings (SSSR count). The van der Waals surface area contributed by atoms with Crippen LogP contribution in [0.2, 0.25) is 10.0 Å². The van der Waals surface area contributed by atoms with Gasteiger partial charge in [0.25, 0.3) is 17.7 Å². The molecule has 1 heterocycles. The molecule has 35 heavy (non-hydrogen) atoms. The molecular weight excluding hydrogens is 627 g/mol. The molecule has 4 atom stereocenters. The topological polar surface area (TPSA) is 84.0 Å². The van der Waals surface area contributed by atoms with E-state index in [4.69, 9.17) is 27.9 Å². The third-order valence-corrected chi connectivity index (χ3v) is 9.71. The Balaban J connectivity index is 1.70. The van der Waals surface area contributed by atoms with Gasteiger partial charge in [0, 0.05) is 20.8 Å². The number of hydrogen-bond donors (Lipinski definition) is 0. The van der Waals surface area contributed by atoms with Gasteiger partial charge < -0.3 is 4.74 Å². The first-order valence-electron chi connectivity index (χ1n) is 10.7. The van der Waals surface area contributed by atoms with Crippen molar-refractivity contribution in [2.45, 2.75) is 22.5 Å². The molecule has 2 aromatic carbocycles. The van der Waals surface area contributed by atoms with Crippen molar-refractivity contribution in [2.24, 2.45) is 11.8 Å². The Hall–Kier alpha value is -1.94. The summed E-state index contributed by atoms with van der Waals surface area (Å²) in [6.45, 7) is -0.516. The maximum atomic E-state index is 13.6. The van der Waals surface area contributed by atoms with Gasteiger partial charge in [-0.15, -0.1) is 0 Å². The third kappa shape index (κ3) is 5.14. The quantitative estimate of drug-likeness (QED) is 0.246. The van der Waals surface area contributed by atoms with Crippen LogP contribution in [0.5, 0.6) is 5.75 Å². The molecule has 0 aromatic heterocycles. The summed E-state index contributed by atoms with van der Waals surface area (Å²) in [7, 11) is 1.51. The number of imide groups is 1. The van der Waals surface area contributed by atoms with Crippen molar-refractivity contribution >= 4 is 78.6 Å². The highest BCUT2D eigenvalue weighted by Crippen LogP contribution is 2.43. The van der Waals surface area contributed by atoms with Gasteiger partial charge >= 0.3 is 0 Å². The van der Waals surface area contributed by atoms with Gasteiger partial charge in [0.15, 0.2) is 5.78 Å². The van der Waals surface area contributed by atoms with Gasteiger partial charge in [0.1, 0.15) is 12.3 Å². The van der Waals surface area contributed by atoms with Crippen LogP contribution in [0.25, 0.3) is 0 Å². The predicted molar refractivity (Wildman–Crippen MR) is 138 cm³/mol. The zero-order valence-electron chi connectivity index (χ0n) is 18.4. The average molecular weight is 647 g/mol. The largest absolute Gasteiger partial charge is 0.497 e. The molecule has 0 spiro atoms. The van der Waals surface area contributed by atoms with Crippen molar-refractivity contribution < 1.29 is 23.9 Å². The van der Waals surface area contributed by atoms with Crippen LogP contribution in [-0.4, -0.2) is 56.8 Å². The minimum Gasteiger partial charge on any atom is -0.497 e. The number of amides is 3. The highest BCUT2D eigenvalue weighted by Gasteiger charge is 2.54. The standard InChI is InChI=1S/C24H20Br2Cl2N2O5/c1-35-14-5-2-12(3-6-14)21(31)11-29(22(32)13-4-7-19(27)20(28)8-13)30-23(33)15-9-17(25)18(26)10-16(15)24(30)34/h2-8,15-18H,9-11H2,1H3/t15-,16+,17+,18-. The lowest BCUT2D eigenvalue weighted by atomic mass is 9.81. The summed E-state index contributed by atoms with van der Waals surface area (Å²) >= 11 is 19.2. The smallest absolute Gasteiger partial charge is 0.273 e. The molecule has 0 bridgehead atoms. The van der Waals surface area contributed by atoms with Crippen LogP contribution in [-0.2, 0) is 9.59 Å². The number of carbonyl (C=O) groups is 4. The molecule has 1 aliphatic carbocycles. The van der Waals surface area contributed by atoms with Crippen LogP contribution >= 0.6 is 55.1 Å². The summed E-state index contributed by atoms with van der Waals surface area (Å²) in [4.78, 5) is 53.5. The van der Waals surface area contributed by atoms with Gasteiger partial charge in [0.2, 0.25) is 0 Å². The van der Waals surface area contributed by atoms with Crippen LogP contribution in [0, 0.1) is 11.8 Å². The molecule has 2 aromatic rings. The van der Waals surface area contributed by atoms with E-state index in [1.54, 1.807) is 24.3 Å². The first-order chi connectivity index (χ1) is 16.6. The molecule has 1 saturated heterocycles. The van der Waals surface area contributed by atoms with Gasteiger partial charge in [0.05, 0.1) is 29.0 Å². The predicted octanol–water partition coefficient (Wildman–Crippen LogP) is 5.16. The summed E-state index contributed by atoms with van der Waals surface area (Å²) in [5.41, 5.74) is 0.393. The number of rotatable bonds is 6. The highest BCUT2D eigenvalue weighted by atomic mass is 79.9. The molecule has 1 aliphatic heterocycles. The minimum absolute atomic E-state index is 0.000560. The number of ether oxygens (including phenoxy) is 1. The summed E-state index contributed by atoms with van der Waals surface area (Å²) < 4.78 is 5.12. The van der Waals surface area contributed by atoms with Crippen LogP contribution in [0.15, 0.2) is 42.5 Å². The zero-order valence-corrected chi connectivity index (χ0v) is 23.1. The molecule has 0 N–H and O–H groups in total. The Bertz CT molecular complexity index is 1160. The number of alkyl halides is 2. The van der Waals surface area contributed by atoms with Gasteiger partial charge in [-0.25, -0.2) is 5.01 Å². The van der Waals surface area contributed by atoms with Crippen molar-refractivity contribution in [3.05, 3.63) is 63.6 Å². The van der Waals surface area contributed by atoms with E-state index in [2.05, 4.69) is 31.9 Å². The lowest BCUT2D eigenvalue weighted by Crippen LogP contribution is -2.52. The Kier molecular flexibility index (Phi) is 7.90. The molecule has 2 fully saturated rings. The maximum absolute atomic E-state index is 13.6. The average Bonchev–Trinajstić information content (AvgIpc) is 3.08. The van der Waals surface area contributed by atoms with Crippen LogP contribution in [0.4, 0.5) is 0 Å². The molecule has 3 amide bonds. The molecular formula is C24H20Br2Cl2N2O5. The number of hydrogen-bond acceptors (Lipinski definition) is 5. The number of methoxy groups -OCH3 is 1. The van der Waals surface area contributed by atoms with Crippen LogP contribution in [0.1, 0.15) is 33.6 Å². The fraction of sp³-hybridized carbons (Fsp3) is 0.333. The number of benzene rings is 2. The first kappa shape index (κ1) is 26.1. The van der Waals surface area contributed by atoms with E-state index >= 15 is 0 Å². The lowest BCUT2D eigenvalue weighted by Gasteiger charge is -2.30. The number of carbonyl (C=O) groups excluding carboxylic acids is 4. The number of hydrazine groups is 1. The van der Waals surface area contributed by atoms with E-state index in [1.165, 1.54) is 25.3 Å². The number of ketones is 1. The van der Waals surface area contributed by atoms with E-state index in [0.29, 0.717) is 24.2 Å². The Morgan fingerprint density at radius 1 is 0.943 bits per heavy atom. The number of Topliss-reactive ketones (excluding diaryl/α,β-unsaturated/α-hetero) is 1. The van der Waals surface area contributed by atoms with E-state index in [1.807, 2.05) is 0 Å². The van der Waals surface area contributed by atoms with Crippen molar-refractivity contribution in [3.63, 3.8) is 0 Å². The molecule has 2 aliphatic rings. The van der Waals surface area contributed by atoms with Gasteiger partial charge in [-0.1, -0.05) is 55.1 Å². The van der Waals surface area contributed by atoms with Gasteiger partial charge in [-0.3, -0.25) is 19.2 Å². The summed E-state index contributed by atoms with van der Waals surface area (Å²) in [6.07, 6.45) is 0.867. The summed E-state index contributed by atoms with van der Waals surface area (Å²) in [6, 6.07) is 10.6. The second kappa shape index (κ2) is 10.6. The van der Waals surface area contributed by atoms with Crippen molar-refractivity contribution in [1.29, 1.82) is 0 Å². The highest BCUT2D eigenvalue weighted by molar-refractivity contribution is 9.12. The van der Waals surface area contributed by atoms with Crippen molar-refractivity contribution in [3.8, 4) is 5.75 Å². The minimum atomic E-state index is -0.712. The van der Waals surface area contributed by atoms with Crippen molar-refractivity contribution in [1.82, 2.24) is 10.0 Å². The molecule has 0 unspecified atom stereocenters. The van der Waals surface area contributed by atoms with Crippen LogP contribution < -0.4 is 4.74 Å². The molecule has 0 radical (unpaired) electrons. The molecule has 1 saturated carbocycles. The van der Waals surface area contributed by atoms with Crippen molar-refractivity contribution in [2.75, 3.05) is 13.7 Å².